The Morgan fingerprint density at radius 2 is 2.62 bits per heavy atom. The van der Waals surface area contributed by atoms with E-state index >= 15 is 0 Å². The summed E-state index contributed by atoms with van der Waals surface area (Å²) in [7, 11) is 3.52. The molecular weight excluding hydrogens is 104 g/mol. The van der Waals surface area contributed by atoms with Crippen LogP contribution in [0.25, 0.3) is 0 Å². The molecule has 0 atom stereocenters. The minimum absolute atomic E-state index is 0.750. The van der Waals surface area contributed by atoms with Crippen LogP contribution in [0.3, 0.4) is 0 Å². The third-order valence-electron chi connectivity index (χ3n) is 1.05. The fourth-order valence-electron chi connectivity index (χ4n) is 0.633. The molecule has 0 aromatic carbocycles. The highest BCUT2D eigenvalue weighted by Crippen LogP contribution is 2.01. The standard InChI is InChI=1S/C5H9N2O/c1-7-5(8-2)3-4-6-7/h6H,4H2,1-2H3. The van der Waals surface area contributed by atoms with E-state index in [1.54, 1.807) is 12.1 Å². The van der Waals surface area contributed by atoms with Crippen molar-refractivity contribution in [1.82, 2.24) is 10.4 Å². The van der Waals surface area contributed by atoms with E-state index in [0.29, 0.717) is 0 Å². The molecule has 0 amide bonds. The number of ether oxygens (including phenoxy) is 1. The van der Waals surface area contributed by atoms with Gasteiger partial charge in [0.2, 0.25) is 5.88 Å². The molecule has 1 heterocycles. The van der Waals surface area contributed by atoms with Gasteiger partial charge in [-0.3, -0.25) is 5.01 Å². The fourth-order valence-corrected chi connectivity index (χ4v) is 0.633. The number of nitrogens with one attached hydrogen (secondary N) is 1. The van der Waals surface area contributed by atoms with Crippen LogP contribution in [-0.2, 0) is 4.74 Å². The van der Waals surface area contributed by atoms with Crippen LogP contribution in [0.5, 0.6) is 0 Å². The van der Waals surface area contributed by atoms with Gasteiger partial charge < -0.3 is 4.74 Å². The second kappa shape index (κ2) is 2.05. The summed E-state index contributed by atoms with van der Waals surface area (Å²) in [6, 6.07) is 0. The lowest BCUT2D eigenvalue weighted by Crippen LogP contribution is -2.27. The maximum absolute atomic E-state index is 4.89. The predicted octanol–water partition coefficient (Wildman–Crippen LogP) is -0.273. The third-order valence-corrected chi connectivity index (χ3v) is 1.05. The first-order valence-corrected chi connectivity index (χ1v) is 2.46. The van der Waals surface area contributed by atoms with E-state index in [-0.39, 0.29) is 0 Å². The van der Waals surface area contributed by atoms with Crippen LogP contribution in [0.2, 0.25) is 0 Å². The average Bonchev–Trinajstić information content (AvgIpc) is 2.14. The van der Waals surface area contributed by atoms with Crippen LogP contribution in [0.15, 0.2) is 5.88 Å². The Bertz CT molecular complexity index is 111. The molecule has 0 fully saturated rings. The molecule has 0 aliphatic carbocycles. The van der Waals surface area contributed by atoms with Crippen molar-refractivity contribution in [3.05, 3.63) is 12.0 Å². The lowest BCUT2D eigenvalue weighted by Gasteiger charge is -2.13. The van der Waals surface area contributed by atoms with Gasteiger partial charge >= 0.3 is 0 Å². The van der Waals surface area contributed by atoms with Crippen LogP contribution < -0.4 is 5.43 Å². The zero-order valence-corrected chi connectivity index (χ0v) is 5.06. The molecule has 3 nitrogen and oxygen atoms in total. The summed E-state index contributed by atoms with van der Waals surface area (Å²) in [5.74, 6) is 0.769. The van der Waals surface area contributed by atoms with Crippen molar-refractivity contribution in [1.29, 1.82) is 0 Å². The number of methoxy groups -OCH3 is 1. The summed E-state index contributed by atoms with van der Waals surface area (Å²) < 4.78 is 4.89. The Labute approximate surface area is 48.9 Å². The maximum Gasteiger partial charge on any atom is 0.208 e. The Kier molecular flexibility index (Phi) is 1.39. The zero-order chi connectivity index (χ0) is 5.98. The van der Waals surface area contributed by atoms with Gasteiger partial charge in [0, 0.05) is 19.7 Å². The van der Waals surface area contributed by atoms with Gasteiger partial charge in [0.1, 0.15) is 0 Å². The van der Waals surface area contributed by atoms with Crippen LogP contribution in [0.4, 0.5) is 0 Å². The number of hydrogen-bond acceptors (Lipinski definition) is 3. The van der Waals surface area contributed by atoms with Crippen LogP contribution in [0, 0.1) is 6.08 Å². The van der Waals surface area contributed by atoms with Crippen LogP contribution >= 0.6 is 0 Å². The molecule has 0 aromatic rings. The normalized spacial score (nSPS) is 18.8. The first-order valence-electron chi connectivity index (χ1n) is 2.46. The van der Waals surface area contributed by atoms with Gasteiger partial charge in [0.05, 0.1) is 7.11 Å². The predicted molar refractivity (Wildman–Crippen MR) is 29.5 cm³/mol. The van der Waals surface area contributed by atoms with Gasteiger partial charge in [-0.05, 0) is 0 Å². The molecular formula is C5H9N2O. The summed E-state index contributed by atoms with van der Waals surface area (Å²) >= 11 is 0. The first kappa shape index (κ1) is 5.44. The molecule has 3 heteroatoms. The molecule has 0 aromatic heterocycles. The van der Waals surface area contributed by atoms with Gasteiger partial charge in [-0.25, -0.2) is 5.43 Å². The minimum atomic E-state index is 0.750. The van der Waals surface area contributed by atoms with Gasteiger partial charge in [0.25, 0.3) is 0 Å². The minimum Gasteiger partial charge on any atom is -0.481 e. The molecule has 1 aliphatic heterocycles. The molecule has 0 saturated carbocycles. The number of hydrogen-bond donors (Lipinski definition) is 1. The Morgan fingerprint density at radius 3 is 2.88 bits per heavy atom. The van der Waals surface area contributed by atoms with Gasteiger partial charge in [-0.2, -0.15) is 0 Å². The van der Waals surface area contributed by atoms with Crippen LogP contribution in [-0.4, -0.2) is 25.7 Å². The van der Waals surface area contributed by atoms with Crippen molar-refractivity contribution in [3.63, 3.8) is 0 Å². The van der Waals surface area contributed by atoms with Gasteiger partial charge in [0.15, 0.2) is 0 Å². The van der Waals surface area contributed by atoms with Crippen molar-refractivity contribution in [2.24, 2.45) is 0 Å². The Balaban J connectivity index is 2.49. The molecule has 1 N–H and O–H groups in total. The summed E-state index contributed by atoms with van der Waals surface area (Å²) in [6.07, 6.45) is 2.97. The fraction of sp³-hybridized carbons (Fsp3) is 0.600. The Morgan fingerprint density at radius 1 is 1.88 bits per heavy atom. The van der Waals surface area contributed by atoms with Gasteiger partial charge in [-0.15, -0.1) is 0 Å². The highest BCUT2D eigenvalue weighted by molar-refractivity contribution is 4.89. The molecule has 8 heavy (non-hydrogen) atoms. The third kappa shape index (κ3) is 0.767. The molecule has 0 saturated heterocycles. The van der Waals surface area contributed by atoms with Crippen molar-refractivity contribution in [2.75, 3.05) is 20.7 Å². The summed E-state index contributed by atoms with van der Waals surface area (Å²) in [4.78, 5) is 0. The van der Waals surface area contributed by atoms with E-state index in [1.165, 1.54) is 0 Å². The highest BCUT2D eigenvalue weighted by atomic mass is 16.5. The molecule has 45 valence electrons. The number of hydrazine groups is 1. The molecule has 0 spiro atoms. The highest BCUT2D eigenvalue weighted by Gasteiger charge is 2.08. The van der Waals surface area contributed by atoms with Crippen molar-refractivity contribution in [2.45, 2.75) is 0 Å². The topological polar surface area (TPSA) is 24.5 Å². The van der Waals surface area contributed by atoms with Crippen molar-refractivity contribution < 1.29 is 4.74 Å². The monoisotopic (exact) mass is 113 g/mol. The quantitative estimate of drug-likeness (QED) is 0.506. The van der Waals surface area contributed by atoms with Gasteiger partial charge in [-0.1, -0.05) is 0 Å². The SMILES string of the molecule is COC1=[C]CNN1C. The number of nitrogens with zero attached hydrogens (tertiary/aromatic N) is 1. The van der Waals surface area contributed by atoms with E-state index in [0.717, 1.165) is 12.4 Å². The summed E-state index contributed by atoms with van der Waals surface area (Å²) in [5.41, 5.74) is 2.98. The van der Waals surface area contributed by atoms with E-state index in [1.807, 2.05) is 7.05 Å². The lowest BCUT2D eigenvalue weighted by atomic mass is 10.6. The van der Waals surface area contributed by atoms with E-state index < -0.39 is 0 Å². The lowest BCUT2D eigenvalue weighted by molar-refractivity contribution is 0.158. The van der Waals surface area contributed by atoms with Crippen molar-refractivity contribution in [3.8, 4) is 0 Å². The van der Waals surface area contributed by atoms with Crippen LogP contribution in [0.1, 0.15) is 0 Å². The first-order chi connectivity index (χ1) is 3.84. The summed E-state index contributed by atoms with van der Waals surface area (Å²) in [6.45, 7) is 0.750. The van der Waals surface area contributed by atoms with E-state index in [9.17, 15) is 0 Å². The molecule has 1 radical (unpaired) electrons. The molecule has 0 unspecified atom stereocenters. The molecule has 0 bridgehead atoms. The van der Waals surface area contributed by atoms with E-state index in [2.05, 4.69) is 11.5 Å². The number of rotatable bonds is 1. The maximum atomic E-state index is 4.89. The van der Waals surface area contributed by atoms with E-state index in [4.69, 9.17) is 4.74 Å². The second-order valence-electron chi connectivity index (χ2n) is 1.58. The van der Waals surface area contributed by atoms with Crippen molar-refractivity contribution >= 4 is 0 Å². The smallest absolute Gasteiger partial charge is 0.208 e. The summed E-state index contributed by atoms with van der Waals surface area (Å²) in [5, 5.41) is 1.79. The molecule has 1 aliphatic rings. The zero-order valence-electron chi connectivity index (χ0n) is 5.06. The largest absolute Gasteiger partial charge is 0.481 e. The average molecular weight is 113 g/mol. The Hall–Kier alpha value is -0.700. The second-order valence-corrected chi connectivity index (χ2v) is 1.58. The molecule has 1 rings (SSSR count).